The first-order valence-electron chi connectivity index (χ1n) is 4.83. The van der Waals surface area contributed by atoms with E-state index < -0.39 is 5.97 Å². The number of aryl methyl sites for hydroxylation is 1. The number of carboxylic acids is 1. The maximum atomic E-state index is 11.1. The third-order valence-corrected chi connectivity index (χ3v) is 2.34. The van der Waals surface area contributed by atoms with Crippen LogP contribution in [0.1, 0.15) is 21.7 Å². The zero-order valence-electron chi connectivity index (χ0n) is 9.10. The van der Waals surface area contributed by atoms with Gasteiger partial charge in [-0.15, -0.1) is 0 Å². The normalized spacial score (nSPS) is 10.9. The van der Waals surface area contributed by atoms with Gasteiger partial charge in [0.15, 0.2) is 5.69 Å². The van der Waals surface area contributed by atoms with Crippen molar-refractivity contribution in [1.29, 1.82) is 0 Å². The molecule has 0 aliphatic heterocycles. The van der Waals surface area contributed by atoms with E-state index in [0.29, 0.717) is 11.3 Å². The van der Waals surface area contributed by atoms with E-state index in [-0.39, 0.29) is 12.3 Å². The van der Waals surface area contributed by atoms with E-state index in [0.717, 1.165) is 5.56 Å². The number of carbonyl (C=O) groups is 1. The van der Waals surface area contributed by atoms with Gasteiger partial charge in [-0.05, 0) is 24.6 Å². The molecule has 0 atom stereocenters. The first-order chi connectivity index (χ1) is 7.63. The molecule has 0 radical (unpaired) electrons. The number of rotatable bonds is 3. The van der Waals surface area contributed by atoms with Crippen molar-refractivity contribution in [2.75, 3.05) is 7.11 Å². The molecule has 5 nitrogen and oxygen atoms in total. The highest BCUT2D eigenvalue weighted by atomic mass is 16.5. The molecule has 2 heterocycles. The van der Waals surface area contributed by atoms with E-state index in [2.05, 4.69) is 4.98 Å². The molecule has 2 rings (SSSR count). The van der Waals surface area contributed by atoms with Crippen LogP contribution in [0.4, 0.5) is 0 Å². The number of methoxy groups -OCH3 is 1. The molecule has 2 aromatic heterocycles. The lowest BCUT2D eigenvalue weighted by Gasteiger charge is -1.99. The Kier molecular flexibility index (Phi) is 2.62. The molecule has 0 aliphatic rings. The minimum absolute atomic E-state index is 0.164. The minimum atomic E-state index is -0.997. The standard InChI is InChI=1S/C11H12N2O3/c1-7-3-4-13-9(5-7)12-8(6-16-2)10(13)11(14)15/h3-5H,6H2,1-2H3,(H,14,15). The van der Waals surface area contributed by atoms with Crippen LogP contribution in [0.25, 0.3) is 5.65 Å². The largest absolute Gasteiger partial charge is 0.477 e. The third-order valence-electron chi connectivity index (χ3n) is 2.34. The van der Waals surface area contributed by atoms with Crippen molar-refractivity contribution in [3.63, 3.8) is 0 Å². The summed E-state index contributed by atoms with van der Waals surface area (Å²) in [7, 11) is 1.51. The van der Waals surface area contributed by atoms with E-state index in [9.17, 15) is 4.79 Å². The van der Waals surface area contributed by atoms with Crippen molar-refractivity contribution in [3.8, 4) is 0 Å². The topological polar surface area (TPSA) is 63.8 Å². The van der Waals surface area contributed by atoms with Crippen LogP contribution >= 0.6 is 0 Å². The molecule has 0 spiro atoms. The lowest BCUT2D eigenvalue weighted by molar-refractivity contribution is 0.0683. The van der Waals surface area contributed by atoms with Crippen molar-refractivity contribution < 1.29 is 14.6 Å². The Balaban J connectivity index is 2.70. The monoisotopic (exact) mass is 220 g/mol. The van der Waals surface area contributed by atoms with Gasteiger partial charge in [0.05, 0.1) is 6.61 Å². The van der Waals surface area contributed by atoms with Crippen molar-refractivity contribution in [2.24, 2.45) is 0 Å². The molecule has 84 valence electrons. The maximum Gasteiger partial charge on any atom is 0.354 e. The summed E-state index contributed by atoms with van der Waals surface area (Å²) in [6, 6.07) is 3.68. The van der Waals surface area contributed by atoms with E-state index in [1.807, 2.05) is 19.1 Å². The molecule has 0 fully saturated rings. The van der Waals surface area contributed by atoms with Gasteiger partial charge in [0, 0.05) is 13.3 Å². The van der Waals surface area contributed by atoms with Gasteiger partial charge < -0.3 is 9.84 Å². The zero-order valence-corrected chi connectivity index (χ0v) is 9.10. The van der Waals surface area contributed by atoms with Gasteiger partial charge in [-0.25, -0.2) is 9.78 Å². The predicted octanol–water partition coefficient (Wildman–Crippen LogP) is 1.49. The Morgan fingerprint density at radius 1 is 1.62 bits per heavy atom. The third kappa shape index (κ3) is 1.65. The summed E-state index contributed by atoms with van der Waals surface area (Å²) in [6.45, 7) is 2.13. The van der Waals surface area contributed by atoms with Crippen LogP contribution in [0.3, 0.4) is 0 Å². The predicted molar refractivity (Wildman–Crippen MR) is 57.6 cm³/mol. The molecule has 0 saturated carbocycles. The number of pyridine rings is 1. The maximum absolute atomic E-state index is 11.1. The Morgan fingerprint density at radius 2 is 2.38 bits per heavy atom. The van der Waals surface area contributed by atoms with Crippen LogP contribution in [-0.2, 0) is 11.3 Å². The average Bonchev–Trinajstić information content (AvgIpc) is 2.55. The number of carboxylic acid groups (broad SMARTS) is 1. The summed E-state index contributed by atoms with van der Waals surface area (Å²) in [5.41, 5.74) is 2.28. The fraction of sp³-hybridized carbons (Fsp3) is 0.273. The number of aromatic carboxylic acids is 1. The Bertz CT molecular complexity index is 545. The second kappa shape index (κ2) is 3.94. The van der Waals surface area contributed by atoms with Crippen LogP contribution < -0.4 is 0 Å². The lowest BCUT2D eigenvalue weighted by Crippen LogP contribution is -2.05. The van der Waals surface area contributed by atoms with Crippen molar-refractivity contribution >= 4 is 11.6 Å². The molecule has 0 unspecified atom stereocenters. The summed E-state index contributed by atoms with van der Waals surface area (Å²) in [6.07, 6.45) is 1.71. The molecule has 2 aromatic rings. The number of hydrogen-bond donors (Lipinski definition) is 1. The highest BCUT2D eigenvalue weighted by Crippen LogP contribution is 2.15. The summed E-state index contributed by atoms with van der Waals surface area (Å²) < 4.78 is 6.50. The van der Waals surface area contributed by atoms with E-state index >= 15 is 0 Å². The number of fused-ring (bicyclic) bond motifs is 1. The van der Waals surface area contributed by atoms with E-state index in [1.54, 1.807) is 10.6 Å². The number of aromatic nitrogens is 2. The van der Waals surface area contributed by atoms with Gasteiger partial charge in [-0.1, -0.05) is 0 Å². The van der Waals surface area contributed by atoms with Gasteiger partial charge >= 0.3 is 5.97 Å². The molecule has 1 N–H and O–H groups in total. The Labute approximate surface area is 92.3 Å². The van der Waals surface area contributed by atoms with Crippen molar-refractivity contribution in [2.45, 2.75) is 13.5 Å². The molecular formula is C11H12N2O3. The second-order valence-electron chi connectivity index (χ2n) is 3.58. The first-order valence-corrected chi connectivity index (χ1v) is 4.83. The van der Waals surface area contributed by atoms with Crippen LogP contribution in [0, 0.1) is 6.92 Å². The highest BCUT2D eigenvalue weighted by Gasteiger charge is 2.17. The highest BCUT2D eigenvalue weighted by molar-refractivity contribution is 5.88. The fourth-order valence-electron chi connectivity index (χ4n) is 1.66. The van der Waals surface area contributed by atoms with E-state index in [4.69, 9.17) is 9.84 Å². The molecule has 0 aromatic carbocycles. The number of nitrogens with zero attached hydrogens (tertiary/aromatic N) is 2. The fourth-order valence-corrected chi connectivity index (χ4v) is 1.66. The van der Waals surface area contributed by atoms with Crippen LogP contribution in [0.5, 0.6) is 0 Å². The van der Waals surface area contributed by atoms with Crippen LogP contribution in [-0.4, -0.2) is 27.6 Å². The summed E-state index contributed by atoms with van der Waals surface area (Å²) in [5, 5.41) is 9.13. The summed E-state index contributed by atoms with van der Waals surface area (Å²) >= 11 is 0. The SMILES string of the molecule is COCc1nc2cc(C)ccn2c1C(=O)O. The molecule has 0 bridgehead atoms. The number of hydrogen-bond acceptors (Lipinski definition) is 3. The first kappa shape index (κ1) is 10.6. The molecule has 16 heavy (non-hydrogen) atoms. The van der Waals surface area contributed by atoms with Gasteiger partial charge in [-0.3, -0.25) is 4.40 Å². The van der Waals surface area contributed by atoms with Gasteiger partial charge in [0.2, 0.25) is 0 Å². The quantitative estimate of drug-likeness (QED) is 0.851. The molecule has 0 saturated heterocycles. The van der Waals surface area contributed by atoms with Crippen molar-refractivity contribution in [1.82, 2.24) is 9.38 Å². The van der Waals surface area contributed by atoms with E-state index in [1.165, 1.54) is 7.11 Å². The average molecular weight is 220 g/mol. The molecule has 0 aliphatic carbocycles. The van der Waals surface area contributed by atoms with Gasteiger partial charge in [0.1, 0.15) is 11.3 Å². The number of ether oxygens (including phenoxy) is 1. The van der Waals surface area contributed by atoms with Gasteiger partial charge in [0.25, 0.3) is 0 Å². The Hall–Kier alpha value is -1.88. The second-order valence-corrected chi connectivity index (χ2v) is 3.58. The smallest absolute Gasteiger partial charge is 0.354 e. The lowest BCUT2D eigenvalue weighted by atomic mass is 10.3. The summed E-state index contributed by atoms with van der Waals surface area (Å²) in [4.78, 5) is 15.4. The van der Waals surface area contributed by atoms with Crippen molar-refractivity contribution in [3.05, 3.63) is 35.3 Å². The summed E-state index contributed by atoms with van der Waals surface area (Å²) in [5.74, 6) is -0.997. The molecular weight excluding hydrogens is 208 g/mol. The minimum Gasteiger partial charge on any atom is -0.477 e. The molecule has 0 amide bonds. The zero-order chi connectivity index (χ0) is 11.7. The Morgan fingerprint density at radius 3 is 3.00 bits per heavy atom. The molecule has 5 heteroatoms. The van der Waals surface area contributed by atoms with Crippen LogP contribution in [0.2, 0.25) is 0 Å². The van der Waals surface area contributed by atoms with Gasteiger partial charge in [-0.2, -0.15) is 0 Å². The number of imidazole rings is 1. The van der Waals surface area contributed by atoms with Crippen LogP contribution in [0.15, 0.2) is 18.3 Å².